The van der Waals surface area contributed by atoms with Crippen LogP contribution in [0.25, 0.3) is 0 Å². The van der Waals surface area contributed by atoms with Crippen molar-refractivity contribution in [3.8, 4) is 0 Å². The smallest absolute Gasteiger partial charge is 0.310 e. The van der Waals surface area contributed by atoms with Gasteiger partial charge in [-0.15, -0.1) is 0 Å². The van der Waals surface area contributed by atoms with Gasteiger partial charge in [0.1, 0.15) is 6.61 Å². The van der Waals surface area contributed by atoms with Crippen LogP contribution >= 0.6 is 23.2 Å². The summed E-state index contributed by atoms with van der Waals surface area (Å²) in [7, 11) is 0. The van der Waals surface area contributed by atoms with Crippen LogP contribution in [0.15, 0.2) is 77.4 Å². The highest BCUT2D eigenvalue weighted by atomic mass is 35.5. The van der Waals surface area contributed by atoms with E-state index < -0.39 is 0 Å². The minimum Gasteiger partial charge on any atom is -0.461 e. The third-order valence-corrected chi connectivity index (χ3v) is 6.00. The molecule has 0 aliphatic carbocycles. The number of carbonyl (C=O) groups excluding carboxylic acids is 1. The van der Waals surface area contributed by atoms with Crippen molar-refractivity contribution in [2.24, 2.45) is 0 Å². The van der Waals surface area contributed by atoms with Gasteiger partial charge in [0.2, 0.25) is 0 Å². The number of esters is 1. The van der Waals surface area contributed by atoms with Crippen LogP contribution in [0.2, 0.25) is 10.0 Å². The number of para-hydroxylation sites is 2. The molecule has 0 aliphatic rings. The number of allylic oxidation sites excluding steroid dienone is 5. The molecule has 0 saturated carbocycles. The Morgan fingerprint density at radius 1 is 0.853 bits per heavy atom. The maximum Gasteiger partial charge on any atom is 0.310 e. The Morgan fingerprint density at radius 2 is 1.47 bits per heavy atom. The monoisotopic (exact) mass is 499 g/mol. The first-order valence-corrected chi connectivity index (χ1v) is 12.4. The lowest BCUT2D eigenvalue weighted by molar-refractivity contribution is -0.141. The van der Waals surface area contributed by atoms with E-state index in [1.165, 1.54) is 16.7 Å². The number of anilines is 2. The highest BCUT2D eigenvalue weighted by Gasteiger charge is 2.12. The van der Waals surface area contributed by atoms with Crippen molar-refractivity contribution < 1.29 is 9.53 Å². The molecule has 0 amide bonds. The fourth-order valence-electron chi connectivity index (χ4n) is 3.37. The van der Waals surface area contributed by atoms with Crippen LogP contribution in [-0.4, -0.2) is 12.6 Å². The van der Waals surface area contributed by atoms with Gasteiger partial charge in [-0.05, 0) is 83.2 Å². The lowest BCUT2D eigenvalue weighted by atomic mass is 10.1. The summed E-state index contributed by atoms with van der Waals surface area (Å²) in [5.74, 6) is -0.279. The quantitative estimate of drug-likeness (QED) is 0.233. The third-order valence-electron chi connectivity index (χ3n) is 5.37. The zero-order valence-corrected chi connectivity index (χ0v) is 22.1. The minimum atomic E-state index is -0.279. The first kappa shape index (κ1) is 27.8. The summed E-state index contributed by atoms with van der Waals surface area (Å²) in [6, 6.07) is 12.9. The van der Waals surface area contributed by atoms with Gasteiger partial charge >= 0.3 is 5.97 Å². The van der Waals surface area contributed by atoms with Gasteiger partial charge in [0.05, 0.1) is 22.2 Å². The molecular formula is C29H35Cl2NO2. The van der Waals surface area contributed by atoms with Gasteiger partial charge in [-0.3, -0.25) is 4.79 Å². The molecule has 34 heavy (non-hydrogen) atoms. The lowest BCUT2D eigenvalue weighted by Crippen LogP contribution is -2.10. The van der Waals surface area contributed by atoms with Crippen LogP contribution < -0.4 is 5.32 Å². The van der Waals surface area contributed by atoms with Crippen molar-refractivity contribution in [1.82, 2.24) is 0 Å². The fourth-order valence-corrected chi connectivity index (χ4v) is 3.86. The van der Waals surface area contributed by atoms with Crippen molar-refractivity contribution in [2.45, 2.75) is 59.8 Å². The molecule has 0 saturated heterocycles. The Balaban J connectivity index is 1.83. The van der Waals surface area contributed by atoms with Crippen LogP contribution in [0.3, 0.4) is 0 Å². The Kier molecular flexibility index (Phi) is 12.0. The van der Waals surface area contributed by atoms with E-state index in [4.69, 9.17) is 27.9 Å². The van der Waals surface area contributed by atoms with Gasteiger partial charge in [0.15, 0.2) is 0 Å². The van der Waals surface area contributed by atoms with Crippen LogP contribution in [0.5, 0.6) is 0 Å². The molecule has 2 aromatic rings. The van der Waals surface area contributed by atoms with Crippen molar-refractivity contribution in [1.29, 1.82) is 0 Å². The van der Waals surface area contributed by atoms with Crippen molar-refractivity contribution in [3.05, 3.63) is 93.0 Å². The Hall–Kier alpha value is -2.49. The molecule has 0 radical (unpaired) electrons. The minimum absolute atomic E-state index is 0.158. The molecule has 0 aliphatic heterocycles. The number of hydrogen-bond acceptors (Lipinski definition) is 3. The van der Waals surface area contributed by atoms with E-state index in [1.807, 2.05) is 30.3 Å². The molecule has 3 nitrogen and oxygen atoms in total. The van der Waals surface area contributed by atoms with Crippen molar-refractivity contribution >= 4 is 40.5 Å². The predicted octanol–water partition coefficient (Wildman–Crippen LogP) is 9.24. The van der Waals surface area contributed by atoms with Crippen LogP contribution in [0, 0.1) is 0 Å². The largest absolute Gasteiger partial charge is 0.461 e. The first-order valence-electron chi connectivity index (χ1n) is 11.7. The summed E-state index contributed by atoms with van der Waals surface area (Å²) in [6.45, 7) is 8.80. The van der Waals surface area contributed by atoms with E-state index in [2.05, 4.69) is 45.2 Å². The SMILES string of the molecule is CC(C)=CCCC(C)=CCCC(C)=CCOC(=O)Cc1ccccc1Nc1c(Cl)cccc1Cl. The van der Waals surface area contributed by atoms with Gasteiger partial charge in [-0.1, -0.05) is 76.3 Å². The summed E-state index contributed by atoms with van der Waals surface area (Å²) < 4.78 is 5.46. The zero-order chi connectivity index (χ0) is 24.9. The maximum absolute atomic E-state index is 12.4. The Labute approximate surface area is 214 Å². The van der Waals surface area contributed by atoms with Gasteiger partial charge in [0.25, 0.3) is 0 Å². The van der Waals surface area contributed by atoms with Gasteiger partial charge < -0.3 is 10.1 Å². The molecule has 5 heteroatoms. The van der Waals surface area contributed by atoms with Crippen molar-refractivity contribution in [2.75, 3.05) is 11.9 Å². The van der Waals surface area contributed by atoms with Crippen molar-refractivity contribution in [3.63, 3.8) is 0 Å². The molecule has 1 N–H and O–H groups in total. The van der Waals surface area contributed by atoms with Crippen LogP contribution in [-0.2, 0) is 16.0 Å². The van der Waals surface area contributed by atoms with E-state index in [0.29, 0.717) is 15.7 Å². The summed E-state index contributed by atoms with van der Waals surface area (Å²) in [5, 5.41) is 4.28. The standard InChI is InChI=1S/C29H35Cl2NO2/c1-21(2)10-7-11-22(3)12-8-13-23(4)18-19-34-28(33)20-24-14-5-6-17-27(24)32-29-25(30)15-9-16-26(29)31/h5-6,9-10,12,14-18,32H,7-8,11,13,19-20H2,1-4H3. The topological polar surface area (TPSA) is 38.3 Å². The van der Waals surface area contributed by atoms with E-state index in [0.717, 1.165) is 36.9 Å². The molecule has 0 heterocycles. The van der Waals surface area contributed by atoms with E-state index in [-0.39, 0.29) is 19.0 Å². The highest BCUT2D eigenvalue weighted by molar-refractivity contribution is 6.39. The summed E-state index contributed by atoms with van der Waals surface area (Å²) in [6.07, 6.45) is 10.9. The second kappa shape index (κ2) is 14.7. The van der Waals surface area contributed by atoms with Gasteiger partial charge in [-0.25, -0.2) is 0 Å². The predicted molar refractivity (Wildman–Crippen MR) is 146 cm³/mol. The van der Waals surface area contributed by atoms with Crippen LogP contribution in [0.1, 0.15) is 58.9 Å². The molecule has 0 unspecified atom stereocenters. The number of ether oxygens (including phenoxy) is 1. The average molecular weight is 501 g/mol. The Bertz CT molecular complexity index is 1030. The second-order valence-corrected chi connectivity index (χ2v) is 9.51. The lowest BCUT2D eigenvalue weighted by Gasteiger charge is -2.14. The maximum atomic E-state index is 12.4. The van der Waals surface area contributed by atoms with Gasteiger partial charge in [0, 0.05) is 5.69 Å². The fraction of sp³-hybridized carbons (Fsp3) is 0.345. The second-order valence-electron chi connectivity index (χ2n) is 8.70. The Morgan fingerprint density at radius 3 is 2.15 bits per heavy atom. The number of hydrogen-bond donors (Lipinski definition) is 1. The third kappa shape index (κ3) is 10.2. The van der Waals surface area contributed by atoms with E-state index in [1.54, 1.807) is 18.2 Å². The summed E-state index contributed by atoms with van der Waals surface area (Å²) >= 11 is 12.5. The number of nitrogens with one attached hydrogen (secondary N) is 1. The molecule has 182 valence electrons. The molecular weight excluding hydrogens is 465 g/mol. The molecule has 2 aromatic carbocycles. The average Bonchev–Trinajstić information content (AvgIpc) is 2.77. The number of benzene rings is 2. The molecule has 0 aromatic heterocycles. The van der Waals surface area contributed by atoms with E-state index >= 15 is 0 Å². The molecule has 0 bridgehead atoms. The molecule has 0 spiro atoms. The van der Waals surface area contributed by atoms with Gasteiger partial charge in [-0.2, -0.15) is 0 Å². The normalized spacial score (nSPS) is 11.8. The first-order chi connectivity index (χ1) is 16.3. The highest BCUT2D eigenvalue weighted by Crippen LogP contribution is 2.33. The van der Waals surface area contributed by atoms with E-state index in [9.17, 15) is 4.79 Å². The zero-order valence-electron chi connectivity index (χ0n) is 20.6. The number of halogens is 2. The summed E-state index contributed by atoms with van der Waals surface area (Å²) in [5.41, 5.74) is 6.21. The number of rotatable bonds is 12. The molecule has 2 rings (SSSR count). The summed E-state index contributed by atoms with van der Waals surface area (Å²) in [4.78, 5) is 12.4. The number of carbonyl (C=O) groups is 1. The van der Waals surface area contributed by atoms with Crippen LogP contribution in [0.4, 0.5) is 11.4 Å². The molecule has 0 fully saturated rings. The molecule has 0 atom stereocenters.